The molecular formula is C24H36N6O8S. The van der Waals surface area contributed by atoms with Crippen molar-refractivity contribution in [1.29, 1.82) is 0 Å². The zero-order chi connectivity index (χ0) is 29.2. The van der Waals surface area contributed by atoms with E-state index in [2.05, 4.69) is 14.9 Å². The Hall–Kier alpha value is -3.72. The molecule has 2 N–H and O–H groups in total. The molecule has 0 aliphatic carbocycles. The average Bonchev–Trinajstić information content (AvgIpc) is 2.88. The highest BCUT2D eigenvalue weighted by Crippen LogP contribution is 2.25. The van der Waals surface area contributed by atoms with Crippen molar-refractivity contribution in [3.8, 4) is 0 Å². The minimum absolute atomic E-state index is 0.168. The van der Waals surface area contributed by atoms with Crippen LogP contribution in [-0.2, 0) is 40.1 Å². The summed E-state index contributed by atoms with van der Waals surface area (Å²) in [5.74, 6) is -0.143. The highest BCUT2D eigenvalue weighted by atomic mass is 32.2. The highest BCUT2D eigenvalue weighted by molar-refractivity contribution is 7.92. The van der Waals surface area contributed by atoms with Gasteiger partial charge in [0.05, 0.1) is 16.4 Å². The molecule has 0 radical (unpaired) electrons. The molecule has 2 aromatic rings. The molecule has 0 unspecified atom stereocenters. The van der Waals surface area contributed by atoms with Crippen molar-refractivity contribution in [2.24, 2.45) is 14.1 Å². The van der Waals surface area contributed by atoms with Gasteiger partial charge < -0.3 is 10.1 Å². The van der Waals surface area contributed by atoms with Crippen LogP contribution in [0.3, 0.4) is 0 Å². The van der Waals surface area contributed by atoms with E-state index in [1.54, 1.807) is 13.1 Å². The molecule has 216 valence electrons. The maximum atomic E-state index is 12.1. The van der Waals surface area contributed by atoms with Gasteiger partial charge in [-0.15, -0.1) is 0 Å². The van der Waals surface area contributed by atoms with Crippen LogP contribution in [0.4, 0.5) is 17.2 Å². The molecular weight excluding hydrogens is 532 g/mol. The average molecular weight is 569 g/mol. The van der Waals surface area contributed by atoms with E-state index in [4.69, 9.17) is 4.74 Å². The monoisotopic (exact) mass is 568 g/mol. The molecule has 0 bridgehead atoms. The fourth-order valence-electron chi connectivity index (χ4n) is 3.80. The summed E-state index contributed by atoms with van der Waals surface area (Å²) in [6.07, 6.45) is 1.72. The van der Waals surface area contributed by atoms with E-state index in [9.17, 15) is 32.9 Å². The zero-order valence-corrected chi connectivity index (χ0v) is 23.5. The van der Waals surface area contributed by atoms with Gasteiger partial charge in [0.1, 0.15) is 12.4 Å². The number of non-ortho nitro benzene ring substituents is 1. The number of hydrogen-bond acceptors (Lipinski definition) is 10. The van der Waals surface area contributed by atoms with Crippen LogP contribution in [-0.4, -0.2) is 71.9 Å². The van der Waals surface area contributed by atoms with Gasteiger partial charge in [-0.3, -0.25) is 38.5 Å². The molecule has 0 aliphatic heterocycles. The summed E-state index contributed by atoms with van der Waals surface area (Å²) >= 11 is 0. The third-order valence-electron chi connectivity index (χ3n) is 6.07. The Kier molecular flexibility index (Phi) is 11.7. The quantitative estimate of drug-likeness (QED) is 0.129. The molecule has 0 fully saturated rings. The summed E-state index contributed by atoms with van der Waals surface area (Å²) in [7, 11) is -0.646. The number of rotatable bonds is 16. The second-order valence-corrected chi connectivity index (χ2v) is 10.9. The first-order chi connectivity index (χ1) is 18.3. The van der Waals surface area contributed by atoms with Crippen LogP contribution in [0.1, 0.15) is 32.3 Å². The molecule has 1 heterocycles. The minimum Gasteiger partial charge on any atom is -0.465 e. The SMILES string of the molecule is CCS(=O)(=O)Nc1cc([N+](=O)[O-])ccc1CCCN(CCCNc1cc(=O)n(C)c(=O)n1C)CCOC(C)=O. The van der Waals surface area contributed by atoms with E-state index in [0.717, 1.165) is 4.57 Å². The molecule has 0 saturated heterocycles. The van der Waals surface area contributed by atoms with E-state index < -0.39 is 26.2 Å². The number of hydrogen-bond donors (Lipinski definition) is 2. The first-order valence-corrected chi connectivity index (χ1v) is 14.1. The summed E-state index contributed by atoms with van der Waals surface area (Å²) in [4.78, 5) is 47.9. The number of nitrogens with zero attached hydrogens (tertiary/aromatic N) is 4. The molecule has 0 spiro atoms. The van der Waals surface area contributed by atoms with Crippen molar-refractivity contribution < 1.29 is 22.9 Å². The van der Waals surface area contributed by atoms with Gasteiger partial charge in [0.25, 0.3) is 11.2 Å². The van der Waals surface area contributed by atoms with E-state index in [1.165, 1.54) is 43.7 Å². The van der Waals surface area contributed by atoms with Crippen LogP contribution >= 0.6 is 0 Å². The number of aromatic nitrogens is 2. The van der Waals surface area contributed by atoms with Crippen molar-refractivity contribution in [2.45, 2.75) is 33.1 Å². The van der Waals surface area contributed by atoms with Gasteiger partial charge in [0.15, 0.2) is 0 Å². The Morgan fingerprint density at radius 1 is 1.10 bits per heavy atom. The van der Waals surface area contributed by atoms with E-state index in [-0.39, 0.29) is 29.7 Å². The second kappa shape index (κ2) is 14.4. The van der Waals surface area contributed by atoms with E-state index in [1.807, 2.05) is 0 Å². The molecule has 2 rings (SSSR count). The Morgan fingerprint density at radius 3 is 2.44 bits per heavy atom. The summed E-state index contributed by atoms with van der Waals surface area (Å²) in [6.45, 7) is 5.16. The predicted molar refractivity (Wildman–Crippen MR) is 148 cm³/mol. The molecule has 1 aromatic heterocycles. The third-order valence-corrected chi connectivity index (χ3v) is 7.36. The number of nitrogens with one attached hydrogen (secondary N) is 2. The summed E-state index contributed by atoms with van der Waals surface area (Å²) in [5, 5.41) is 14.3. The van der Waals surface area contributed by atoms with Crippen LogP contribution < -0.4 is 21.3 Å². The lowest BCUT2D eigenvalue weighted by molar-refractivity contribution is -0.384. The fraction of sp³-hybridized carbons (Fsp3) is 0.542. The van der Waals surface area contributed by atoms with Gasteiger partial charge in [-0.1, -0.05) is 6.07 Å². The van der Waals surface area contributed by atoms with Crippen LogP contribution in [0, 0.1) is 10.1 Å². The third kappa shape index (κ3) is 9.83. The first kappa shape index (κ1) is 31.5. The highest BCUT2D eigenvalue weighted by Gasteiger charge is 2.16. The largest absolute Gasteiger partial charge is 0.465 e. The van der Waals surface area contributed by atoms with Gasteiger partial charge in [0.2, 0.25) is 10.0 Å². The summed E-state index contributed by atoms with van der Waals surface area (Å²) < 4.78 is 34.1. The number of benzene rings is 1. The Bertz CT molecular complexity index is 1390. The Labute approximate surface area is 226 Å². The van der Waals surface area contributed by atoms with Gasteiger partial charge in [-0.05, 0) is 44.8 Å². The Balaban J connectivity index is 2.03. The lowest BCUT2D eigenvalue weighted by atomic mass is 10.1. The maximum Gasteiger partial charge on any atom is 0.332 e. The summed E-state index contributed by atoms with van der Waals surface area (Å²) in [6, 6.07) is 5.46. The maximum absolute atomic E-state index is 12.1. The van der Waals surface area contributed by atoms with Crippen LogP contribution in [0.5, 0.6) is 0 Å². The number of carbonyl (C=O) groups is 1. The van der Waals surface area contributed by atoms with Crippen molar-refractivity contribution >= 4 is 33.2 Å². The molecule has 14 nitrogen and oxygen atoms in total. The number of esters is 1. The van der Waals surface area contributed by atoms with Gasteiger partial charge in [0, 0.05) is 52.3 Å². The number of nitro benzene ring substituents is 1. The first-order valence-electron chi connectivity index (χ1n) is 12.5. The van der Waals surface area contributed by atoms with Crippen molar-refractivity contribution in [3.05, 3.63) is 60.8 Å². The van der Waals surface area contributed by atoms with Crippen molar-refractivity contribution in [3.63, 3.8) is 0 Å². The molecule has 0 atom stereocenters. The molecule has 0 amide bonds. The van der Waals surface area contributed by atoms with E-state index in [0.29, 0.717) is 56.8 Å². The van der Waals surface area contributed by atoms with Gasteiger partial charge >= 0.3 is 11.7 Å². The van der Waals surface area contributed by atoms with Crippen LogP contribution in [0.15, 0.2) is 33.9 Å². The number of nitro groups is 1. The lowest BCUT2D eigenvalue weighted by Gasteiger charge is -2.23. The number of aryl methyl sites for hydroxylation is 1. The zero-order valence-electron chi connectivity index (χ0n) is 22.6. The van der Waals surface area contributed by atoms with Crippen molar-refractivity contribution in [2.75, 3.05) is 48.6 Å². The second-order valence-electron chi connectivity index (χ2n) is 8.94. The van der Waals surface area contributed by atoms with Crippen LogP contribution in [0.2, 0.25) is 0 Å². The van der Waals surface area contributed by atoms with Crippen molar-refractivity contribution in [1.82, 2.24) is 14.0 Å². The molecule has 15 heteroatoms. The topological polar surface area (TPSA) is 175 Å². The van der Waals surface area contributed by atoms with Gasteiger partial charge in [-0.2, -0.15) is 0 Å². The number of carbonyl (C=O) groups excluding carboxylic acids is 1. The number of sulfonamides is 1. The van der Waals surface area contributed by atoms with Crippen LogP contribution in [0.25, 0.3) is 0 Å². The molecule has 0 aliphatic rings. The standard InChI is InChI=1S/C24H36N6O8S/c1-5-39(36,37)26-21-16-20(30(34)35)10-9-19(21)8-6-12-29(14-15-38-18(2)31)13-7-11-25-22-17-23(32)28(4)24(33)27(22)3/h9-10,16-17,25-26H,5-8,11-15H2,1-4H3. The summed E-state index contributed by atoms with van der Waals surface area (Å²) in [5.41, 5.74) is -0.237. The fourth-order valence-corrected chi connectivity index (χ4v) is 4.47. The predicted octanol–water partition coefficient (Wildman–Crippen LogP) is 1.05. The molecule has 39 heavy (non-hydrogen) atoms. The molecule has 1 aromatic carbocycles. The molecule has 0 saturated carbocycles. The van der Waals surface area contributed by atoms with Gasteiger partial charge in [-0.25, -0.2) is 13.2 Å². The smallest absolute Gasteiger partial charge is 0.332 e. The lowest BCUT2D eigenvalue weighted by Crippen LogP contribution is -2.37. The minimum atomic E-state index is -3.63. The normalized spacial score (nSPS) is 11.4. The number of anilines is 2. The van der Waals surface area contributed by atoms with E-state index >= 15 is 0 Å². The number of ether oxygens (including phenoxy) is 1. The Morgan fingerprint density at radius 2 is 1.79 bits per heavy atom.